The summed E-state index contributed by atoms with van der Waals surface area (Å²) < 4.78 is 5.77. The number of ether oxygens (including phenoxy) is 1. The van der Waals surface area contributed by atoms with E-state index in [9.17, 15) is 4.79 Å². The minimum absolute atomic E-state index is 0.155. The van der Waals surface area contributed by atoms with Crippen LogP contribution in [-0.2, 0) is 12.8 Å². The van der Waals surface area contributed by atoms with E-state index in [1.165, 1.54) is 16.8 Å². The maximum Gasteiger partial charge on any atom is 0.302 e. The summed E-state index contributed by atoms with van der Waals surface area (Å²) in [5.41, 5.74) is 5.41. The van der Waals surface area contributed by atoms with Gasteiger partial charge in [-0.2, -0.15) is 4.98 Å². The van der Waals surface area contributed by atoms with Crippen molar-refractivity contribution in [2.24, 2.45) is 0 Å². The number of nitrogens with zero attached hydrogens (tertiary/aromatic N) is 3. The summed E-state index contributed by atoms with van der Waals surface area (Å²) >= 11 is 0. The Labute approximate surface area is 167 Å². The Hall–Kier alpha value is -3.67. The van der Waals surface area contributed by atoms with E-state index in [0.717, 1.165) is 25.1 Å². The van der Waals surface area contributed by atoms with Gasteiger partial charge in [0, 0.05) is 24.1 Å². The third kappa shape index (κ3) is 3.23. The van der Waals surface area contributed by atoms with Gasteiger partial charge in [0.1, 0.15) is 5.75 Å². The lowest BCUT2D eigenvalue weighted by Crippen LogP contribution is -2.13. The molecule has 0 bridgehead atoms. The largest absolute Gasteiger partial charge is 0.426 e. The van der Waals surface area contributed by atoms with Crippen molar-refractivity contribution in [1.29, 1.82) is 0 Å². The van der Waals surface area contributed by atoms with Crippen LogP contribution in [0.3, 0.4) is 0 Å². The topological polar surface area (TPSA) is 71.1 Å². The summed E-state index contributed by atoms with van der Waals surface area (Å²) in [6.07, 6.45) is 5.23. The summed E-state index contributed by atoms with van der Waals surface area (Å²) in [6.45, 7) is 3.15. The maximum absolute atomic E-state index is 12.2. The van der Waals surface area contributed by atoms with E-state index in [4.69, 9.17) is 4.74 Å². The highest BCUT2D eigenvalue weighted by molar-refractivity contribution is 5.76. The van der Waals surface area contributed by atoms with E-state index >= 15 is 0 Å². The molecule has 0 spiro atoms. The molecule has 5 rings (SSSR count). The fourth-order valence-electron chi connectivity index (χ4n) is 3.77. The smallest absolute Gasteiger partial charge is 0.302 e. The first kappa shape index (κ1) is 17.4. The van der Waals surface area contributed by atoms with Gasteiger partial charge in [-0.15, -0.1) is 0 Å². The number of aromatic amines is 1. The normalized spacial score (nSPS) is 12.9. The molecule has 2 aromatic carbocycles. The monoisotopic (exact) mass is 384 g/mol. The van der Waals surface area contributed by atoms with E-state index < -0.39 is 0 Å². The van der Waals surface area contributed by atoms with Crippen molar-refractivity contribution in [2.75, 3.05) is 11.4 Å². The number of fused-ring (bicyclic) bond motifs is 2. The summed E-state index contributed by atoms with van der Waals surface area (Å²) in [5, 5.41) is 0.488. The van der Waals surface area contributed by atoms with Gasteiger partial charge in [0.05, 0.1) is 17.1 Å². The average molecular weight is 384 g/mol. The van der Waals surface area contributed by atoms with Crippen LogP contribution in [-0.4, -0.2) is 21.5 Å². The number of anilines is 2. The zero-order valence-electron chi connectivity index (χ0n) is 16.1. The van der Waals surface area contributed by atoms with Crippen LogP contribution in [0.25, 0.3) is 10.9 Å². The number of hydrogen-bond donors (Lipinski definition) is 1. The number of aryl methyl sites for hydroxylation is 1. The van der Waals surface area contributed by atoms with Gasteiger partial charge in [-0.3, -0.25) is 14.8 Å². The Morgan fingerprint density at radius 1 is 1.14 bits per heavy atom. The van der Waals surface area contributed by atoms with Crippen molar-refractivity contribution in [3.8, 4) is 11.8 Å². The van der Waals surface area contributed by atoms with Crippen LogP contribution in [0.2, 0.25) is 0 Å². The van der Waals surface area contributed by atoms with E-state index in [-0.39, 0.29) is 11.6 Å². The summed E-state index contributed by atoms with van der Waals surface area (Å²) in [5.74, 6) is 0.612. The van der Waals surface area contributed by atoms with Crippen LogP contribution in [0.15, 0.2) is 65.7 Å². The highest BCUT2D eigenvalue weighted by atomic mass is 16.5. The number of hydrogen-bond acceptors (Lipinski definition) is 5. The van der Waals surface area contributed by atoms with Gasteiger partial charge < -0.3 is 9.64 Å². The molecule has 1 aliphatic heterocycles. The molecule has 3 heterocycles. The van der Waals surface area contributed by atoms with Crippen molar-refractivity contribution in [2.45, 2.75) is 19.8 Å². The Bertz CT molecular complexity index is 1250. The lowest BCUT2D eigenvalue weighted by atomic mass is 10.1. The van der Waals surface area contributed by atoms with Gasteiger partial charge in [-0.05, 0) is 60.4 Å². The van der Waals surface area contributed by atoms with Crippen LogP contribution in [0.5, 0.6) is 11.8 Å². The number of aromatic nitrogens is 3. The molecule has 0 saturated heterocycles. The average Bonchev–Trinajstić information content (AvgIpc) is 3.17. The second-order valence-corrected chi connectivity index (χ2v) is 7.08. The molecule has 6 heteroatoms. The van der Waals surface area contributed by atoms with Gasteiger partial charge in [-0.1, -0.05) is 19.1 Å². The van der Waals surface area contributed by atoms with E-state index in [1.807, 2.05) is 24.3 Å². The van der Waals surface area contributed by atoms with Crippen LogP contribution in [0.1, 0.15) is 18.1 Å². The van der Waals surface area contributed by atoms with Crippen molar-refractivity contribution in [1.82, 2.24) is 15.0 Å². The highest BCUT2D eigenvalue weighted by Gasteiger charge is 2.20. The Morgan fingerprint density at radius 3 is 2.83 bits per heavy atom. The molecule has 4 aromatic rings. The first-order valence-corrected chi connectivity index (χ1v) is 9.72. The lowest BCUT2D eigenvalue weighted by molar-refractivity contribution is 0.443. The fraction of sp³-hybridized carbons (Fsp3) is 0.174. The number of rotatable bonds is 4. The second kappa shape index (κ2) is 7.05. The Balaban J connectivity index is 1.39. The fourth-order valence-corrected chi connectivity index (χ4v) is 3.77. The first-order valence-electron chi connectivity index (χ1n) is 9.72. The van der Waals surface area contributed by atoms with Gasteiger partial charge in [0.15, 0.2) is 0 Å². The maximum atomic E-state index is 12.2. The van der Waals surface area contributed by atoms with Crippen LogP contribution in [0, 0.1) is 0 Å². The van der Waals surface area contributed by atoms with Crippen LogP contribution >= 0.6 is 0 Å². The SMILES string of the molecule is CCc1ccc2c(c1)CCN2c1ccc(Oc2nc3cnccc3c(=O)[nH]2)cc1. The number of pyridine rings is 1. The standard InChI is InChI=1S/C23H20N4O2/c1-2-15-3-8-21-16(13-15)10-12-27(21)17-4-6-18(7-5-17)29-23-25-20-14-24-11-9-19(20)22(28)26-23/h3-9,11,13-14H,2,10,12H2,1H3,(H,25,26,28). The predicted molar refractivity (Wildman–Crippen MR) is 113 cm³/mol. The molecule has 0 aliphatic carbocycles. The quantitative estimate of drug-likeness (QED) is 0.566. The second-order valence-electron chi connectivity index (χ2n) is 7.08. The molecule has 144 valence electrons. The minimum atomic E-state index is -0.246. The molecule has 0 radical (unpaired) electrons. The molecule has 2 aromatic heterocycles. The summed E-state index contributed by atoms with van der Waals surface area (Å²) in [6, 6.07) is 16.3. The summed E-state index contributed by atoms with van der Waals surface area (Å²) in [7, 11) is 0. The van der Waals surface area contributed by atoms with Gasteiger partial charge in [-0.25, -0.2) is 0 Å². The molecular formula is C23H20N4O2. The number of nitrogens with one attached hydrogen (secondary N) is 1. The third-order valence-electron chi connectivity index (χ3n) is 5.30. The van der Waals surface area contributed by atoms with Crippen molar-refractivity contribution in [3.63, 3.8) is 0 Å². The van der Waals surface area contributed by atoms with E-state index in [1.54, 1.807) is 18.5 Å². The minimum Gasteiger partial charge on any atom is -0.426 e. The first-order chi connectivity index (χ1) is 14.2. The van der Waals surface area contributed by atoms with Crippen molar-refractivity contribution in [3.05, 3.63) is 82.4 Å². The Morgan fingerprint density at radius 2 is 2.00 bits per heavy atom. The van der Waals surface area contributed by atoms with Crippen molar-refractivity contribution >= 4 is 22.3 Å². The van der Waals surface area contributed by atoms with E-state index in [0.29, 0.717) is 16.7 Å². The van der Waals surface area contributed by atoms with Gasteiger partial charge >= 0.3 is 6.01 Å². The van der Waals surface area contributed by atoms with Crippen LogP contribution < -0.4 is 15.2 Å². The highest BCUT2D eigenvalue weighted by Crippen LogP contribution is 2.36. The molecule has 0 saturated carbocycles. The number of benzene rings is 2. The predicted octanol–water partition coefficient (Wildman–Crippen LogP) is 4.37. The molecule has 0 fully saturated rings. The molecule has 1 N–H and O–H groups in total. The third-order valence-corrected chi connectivity index (χ3v) is 5.30. The zero-order chi connectivity index (χ0) is 19.8. The van der Waals surface area contributed by atoms with Gasteiger partial charge in [0.2, 0.25) is 0 Å². The van der Waals surface area contributed by atoms with E-state index in [2.05, 4.69) is 45.0 Å². The van der Waals surface area contributed by atoms with Gasteiger partial charge in [0.25, 0.3) is 5.56 Å². The lowest BCUT2D eigenvalue weighted by Gasteiger charge is -2.20. The molecular weight excluding hydrogens is 364 g/mol. The number of H-pyrrole nitrogens is 1. The molecule has 0 unspecified atom stereocenters. The zero-order valence-corrected chi connectivity index (χ0v) is 16.1. The summed E-state index contributed by atoms with van der Waals surface area (Å²) in [4.78, 5) is 25.5. The molecule has 1 aliphatic rings. The Kier molecular flexibility index (Phi) is 4.24. The molecule has 29 heavy (non-hydrogen) atoms. The molecule has 6 nitrogen and oxygen atoms in total. The molecule has 0 atom stereocenters. The molecule has 0 amide bonds. The van der Waals surface area contributed by atoms with Crippen LogP contribution in [0.4, 0.5) is 11.4 Å². The van der Waals surface area contributed by atoms with Crippen molar-refractivity contribution < 1.29 is 4.74 Å².